The molecule has 1 unspecified atom stereocenters. The number of quaternary nitrogens is 1. The Morgan fingerprint density at radius 3 is 2.45 bits per heavy atom. The van der Waals surface area contributed by atoms with Gasteiger partial charge in [0.2, 0.25) is 0 Å². The van der Waals surface area contributed by atoms with Crippen LogP contribution in [0.1, 0.15) is 12.8 Å². The van der Waals surface area contributed by atoms with Gasteiger partial charge in [0.15, 0.2) is 0 Å². The van der Waals surface area contributed by atoms with E-state index in [-0.39, 0.29) is 0 Å². The van der Waals surface area contributed by atoms with E-state index in [0.717, 1.165) is 6.04 Å². The van der Waals surface area contributed by atoms with Gasteiger partial charge in [-0.05, 0) is 12.3 Å². The third-order valence-electron chi connectivity index (χ3n) is 5.38. The molecular formula is C10H16N+. The lowest BCUT2D eigenvalue weighted by Crippen LogP contribution is -2.53. The van der Waals surface area contributed by atoms with Crippen molar-refractivity contribution >= 4 is 0 Å². The lowest BCUT2D eigenvalue weighted by molar-refractivity contribution is -0.920. The standard InChI is InChI=1S/C10H16N/c1-11-4-8-6-2-7(9(8)5-11)10(11)3-6/h6-10H,2-5H2,1H3/q+1/t6-,7-,8+,9+,10+,11?/m1/s1. The van der Waals surface area contributed by atoms with Gasteiger partial charge in [0.25, 0.3) is 0 Å². The average Bonchev–Trinajstić information content (AvgIpc) is 2.52. The molecule has 11 heavy (non-hydrogen) atoms. The molecule has 0 aromatic heterocycles. The maximum atomic E-state index is 2.51. The second-order valence-electron chi connectivity index (χ2n) is 5.63. The van der Waals surface area contributed by atoms with E-state index in [1.54, 1.807) is 25.9 Å². The molecule has 0 N–H and O–H groups in total. The summed E-state index contributed by atoms with van der Waals surface area (Å²) >= 11 is 0. The van der Waals surface area contributed by atoms with Crippen LogP contribution in [-0.4, -0.2) is 30.7 Å². The highest BCUT2D eigenvalue weighted by Crippen LogP contribution is 2.65. The van der Waals surface area contributed by atoms with Crippen LogP contribution in [0.3, 0.4) is 0 Å². The smallest absolute Gasteiger partial charge is 0.0924 e. The molecule has 0 spiro atoms. The van der Waals surface area contributed by atoms with E-state index < -0.39 is 0 Å². The fourth-order valence-corrected chi connectivity index (χ4v) is 5.15. The molecule has 2 saturated carbocycles. The fraction of sp³-hybridized carbons (Fsp3) is 1.00. The van der Waals surface area contributed by atoms with E-state index >= 15 is 0 Å². The van der Waals surface area contributed by atoms with Crippen molar-refractivity contribution in [1.82, 2.24) is 0 Å². The summed E-state index contributed by atoms with van der Waals surface area (Å²) in [6, 6.07) is 1.12. The number of hydrogen-bond donors (Lipinski definition) is 0. The van der Waals surface area contributed by atoms with Crippen LogP contribution < -0.4 is 0 Å². The van der Waals surface area contributed by atoms with Crippen LogP contribution in [0.15, 0.2) is 0 Å². The predicted octanol–water partition coefficient (Wildman–Crippen LogP) is 1.10. The quantitative estimate of drug-likeness (QED) is 0.454. The zero-order valence-corrected chi connectivity index (χ0v) is 7.16. The summed E-state index contributed by atoms with van der Waals surface area (Å²) in [5, 5.41) is 0. The van der Waals surface area contributed by atoms with Crippen LogP contribution in [0.5, 0.6) is 0 Å². The van der Waals surface area contributed by atoms with Crippen molar-refractivity contribution in [3.63, 3.8) is 0 Å². The van der Waals surface area contributed by atoms with Gasteiger partial charge in [-0.2, -0.15) is 0 Å². The summed E-state index contributed by atoms with van der Waals surface area (Å²) in [5.41, 5.74) is 0. The van der Waals surface area contributed by atoms with Crippen molar-refractivity contribution in [2.75, 3.05) is 20.1 Å². The first kappa shape index (κ1) is 5.58. The van der Waals surface area contributed by atoms with Gasteiger partial charge in [0, 0.05) is 24.2 Å². The van der Waals surface area contributed by atoms with Crippen molar-refractivity contribution in [3.8, 4) is 0 Å². The van der Waals surface area contributed by atoms with Gasteiger partial charge in [-0.1, -0.05) is 0 Å². The molecule has 60 valence electrons. The minimum atomic E-state index is 1.12. The first-order valence-corrected chi connectivity index (χ1v) is 5.12. The topological polar surface area (TPSA) is 0 Å². The molecule has 4 rings (SSSR count). The van der Waals surface area contributed by atoms with Gasteiger partial charge in [-0.25, -0.2) is 0 Å². The minimum absolute atomic E-state index is 1.12. The molecule has 2 saturated heterocycles. The van der Waals surface area contributed by atoms with E-state index in [1.165, 1.54) is 28.2 Å². The summed E-state index contributed by atoms with van der Waals surface area (Å²) in [4.78, 5) is 0. The van der Waals surface area contributed by atoms with Crippen molar-refractivity contribution < 1.29 is 4.48 Å². The first-order valence-electron chi connectivity index (χ1n) is 5.12. The summed E-state index contributed by atoms with van der Waals surface area (Å²) in [7, 11) is 2.51. The number of hydrogen-bond acceptors (Lipinski definition) is 0. The van der Waals surface area contributed by atoms with E-state index in [9.17, 15) is 0 Å². The zero-order chi connectivity index (χ0) is 7.22. The number of rotatable bonds is 0. The zero-order valence-electron chi connectivity index (χ0n) is 7.16. The lowest BCUT2D eigenvalue weighted by atomic mass is 9.78. The fourth-order valence-electron chi connectivity index (χ4n) is 5.15. The third kappa shape index (κ3) is 0.395. The molecule has 0 amide bonds. The molecule has 2 aliphatic heterocycles. The molecule has 0 radical (unpaired) electrons. The van der Waals surface area contributed by atoms with E-state index in [2.05, 4.69) is 7.05 Å². The second kappa shape index (κ2) is 1.28. The molecule has 4 aliphatic rings. The van der Waals surface area contributed by atoms with Crippen molar-refractivity contribution in [1.29, 1.82) is 0 Å². The van der Waals surface area contributed by atoms with Gasteiger partial charge < -0.3 is 4.48 Å². The van der Waals surface area contributed by atoms with Crippen LogP contribution in [0.25, 0.3) is 0 Å². The highest BCUT2D eigenvalue weighted by atomic mass is 15.4. The summed E-state index contributed by atoms with van der Waals surface area (Å²) in [6.07, 6.45) is 3.22. The number of piperidine rings is 2. The maximum Gasteiger partial charge on any atom is 0.0924 e. The monoisotopic (exact) mass is 150 g/mol. The van der Waals surface area contributed by atoms with Crippen molar-refractivity contribution in [2.45, 2.75) is 18.9 Å². The molecule has 1 nitrogen and oxygen atoms in total. The normalized spacial score (nSPS) is 75.5. The van der Waals surface area contributed by atoms with Gasteiger partial charge in [-0.3, -0.25) is 0 Å². The molecule has 0 aromatic rings. The van der Waals surface area contributed by atoms with Crippen LogP contribution in [0.4, 0.5) is 0 Å². The number of fused-ring (bicyclic) bond motifs is 4. The van der Waals surface area contributed by atoms with Crippen LogP contribution >= 0.6 is 0 Å². The average molecular weight is 150 g/mol. The van der Waals surface area contributed by atoms with E-state index in [4.69, 9.17) is 0 Å². The largest absolute Gasteiger partial charge is 0.323 e. The van der Waals surface area contributed by atoms with Crippen molar-refractivity contribution in [3.05, 3.63) is 0 Å². The van der Waals surface area contributed by atoms with Crippen LogP contribution in [-0.2, 0) is 0 Å². The summed E-state index contributed by atoms with van der Waals surface area (Å²) in [5.74, 6) is 4.73. The van der Waals surface area contributed by atoms with Gasteiger partial charge >= 0.3 is 0 Å². The molecule has 2 aliphatic carbocycles. The van der Waals surface area contributed by atoms with E-state index in [0.29, 0.717) is 0 Å². The van der Waals surface area contributed by atoms with Crippen molar-refractivity contribution in [2.24, 2.45) is 23.7 Å². The van der Waals surface area contributed by atoms with Crippen LogP contribution in [0, 0.1) is 23.7 Å². The Morgan fingerprint density at radius 1 is 1.00 bits per heavy atom. The molecule has 6 atom stereocenters. The molecule has 2 heterocycles. The first-order chi connectivity index (χ1) is 5.28. The molecule has 0 aromatic carbocycles. The Balaban J connectivity index is 1.97. The lowest BCUT2D eigenvalue weighted by Gasteiger charge is -2.41. The Kier molecular flexibility index (Phi) is 0.651. The van der Waals surface area contributed by atoms with Gasteiger partial charge in [0.1, 0.15) is 0 Å². The highest BCUT2D eigenvalue weighted by molar-refractivity contribution is 5.09. The van der Waals surface area contributed by atoms with Gasteiger partial charge in [-0.15, -0.1) is 0 Å². The maximum absolute atomic E-state index is 2.51. The molecule has 4 bridgehead atoms. The minimum Gasteiger partial charge on any atom is -0.323 e. The summed E-state index contributed by atoms with van der Waals surface area (Å²) < 4.78 is 1.48. The predicted molar refractivity (Wildman–Crippen MR) is 42.9 cm³/mol. The van der Waals surface area contributed by atoms with Crippen LogP contribution in [0.2, 0.25) is 0 Å². The van der Waals surface area contributed by atoms with Gasteiger partial charge in [0.05, 0.1) is 26.2 Å². The SMILES string of the molecule is C[N+]12C[C@H]3[C@H]4C[C@H](C[C@@H]41)[C@@H]3C2. The second-order valence-corrected chi connectivity index (χ2v) is 5.63. The molecular weight excluding hydrogens is 134 g/mol. The Labute approximate surface area is 68.0 Å². The third-order valence-corrected chi connectivity index (χ3v) is 5.38. The Morgan fingerprint density at radius 2 is 1.82 bits per heavy atom. The Hall–Kier alpha value is -0.0400. The van der Waals surface area contributed by atoms with E-state index in [1.807, 2.05) is 0 Å². The number of nitrogens with zero attached hydrogens (tertiary/aromatic N) is 1. The highest BCUT2D eigenvalue weighted by Gasteiger charge is 2.71. The molecule has 1 heteroatoms. The molecule has 4 fully saturated rings. The summed E-state index contributed by atoms with van der Waals surface area (Å²) in [6.45, 7) is 3.10. The Bertz CT molecular complexity index is 226.